The zero-order chi connectivity index (χ0) is 22.3. The second-order valence-corrected chi connectivity index (χ2v) is 8.36. The molecule has 4 aromatic rings. The molecule has 0 amide bonds. The largest absolute Gasteiger partial charge is 0.395 e. The van der Waals surface area contributed by atoms with Crippen LogP contribution in [0, 0.1) is 13.8 Å². The van der Waals surface area contributed by atoms with Crippen LogP contribution in [-0.2, 0) is 17.9 Å². The SMILES string of the molecule is CCCO/N=c1\c2ccccc2n(CCCNCc2ccccc2)c2c(C)c(C)ccc12. The summed E-state index contributed by atoms with van der Waals surface area (Å²) in [6, 6.07) is 23.5. The van der Waals surface area contributed by atoms with E-state index in [1.54, 1.807) is 0 Å². The smallest absolute Gasteiger partial charge is 0.121 e. The molecule has 3 aromatic carbocycles. The number of nitrogens with zero attached hydrogens (tertiary/aromatic N) is 2. The van der Waals surface area contributed by atoms with E-state index in [0.717, 1.165) is 48.6 Å². The molecule has 0 spiro atoms. The molecule has 0 saturated heterocycles. The first-order valence-electron chi connectivity index (χ1n) is 11.6. The van der Waals surface area contributed by atoms with Gasteiger partial charge in [-0.1, -0.05) is 72.7 Å². The Morgan fingerprint density at radius 2 is 1.69 bits per heavy atom. The molecule has 4 rings (SSSR count). The Labute approximate surface area is 190 Å². The molecule has 0 aliphatic rings. The van der Waals surface area contributed by atoms with E-state index < -0.39 is 0 Å². The molecule has 0 radical (unpaired) electrons. The molecule has 0 fully saturated rings. The highest BCUT2D eigenvalue weighted by Crippen LogP contribution is 2.25. The number of pyridine rings is 1. The Morgan fingerprint density at radius 3 is 2.50 bits per heavy atom. The average Bonchev–Trinajstić information content (AvgIpc) is 2.83. The van der Waals surface area contributed by atoms with Crippen molar-refractivity contribution < 1.29 is 4.84 Å². The molecule has 1 heterocycles. The van der Waals surface area contributed by atoms with E-state index in [1.807, 2.05) is 0 Å². The Bertz CT molecular complexity index is 1260. The summed E-state index contributed by atoms with van der Waals surface area (Å²) in [5.74, 6) is 0. The summed E-state index contributed by atoms with van der Waals surface area (Å²) in [6.45, 7) is 9.94. The van der Waals surface area contributed by atoms with Crippen LogP contribution in [0.2, 0.25) is 0 Å². The first kappa shape index (κ1) is 22.1. The van der Waals surface area contributed by atoms with Crippen LogP contribution in [0.3, 0.4) is 0 Å². The lowest BCUT2D eigenvalue weighted by molar-refractivity contribution is 0.135. The fourth-order valence-electron chi connectivity index (χ4n) is 4.24. The van der Waals surface area contributed by atoms with Gasteiger partial charge in [0.1, 0.15) is 12.0 Å². The van der Waals surface area contributed by atoms with Crippen molar-refractivity contribution in [1.29, 1.82) is 0 Å². The third-order valence-corrected chi connectivity index (χ3v) is 6.04. The predicted molar refractivity (Wildman–Crippen MR) is 133 cm³/mol. The zero-order valence-corrected chi connectivity index (χ0v) is 19.4. The Morgan fingerprint density at radius 1 is 0.906 bits per heavy atom. The van der Waals surface area contributed by atoms with E-state index in [1.165, 1.54) is 27.7 Å². The summed E-state index contributed by atoms with van der Waals surface area (Å²) in [4.78, 5) is 5.66. The normalized spacial score (nSPS) is 12.0. The summed E-state index contributed by atoms with van der Waals surface area (Å²) < 4.78 is 2.47. The zero-order valence-electron chi connectivity index (χ0n) is 19.4. The van der Waals surface area contributed by atoms with Gasteiger partial charge in [-0.15, -0.1) is 0 Å². The number of aromatic nitrogens is 1. The Hall–Kier alpha value is -3.11. The van der Waals surface area contributed by atoms with Crippen LogP contribution in [0.15, 0.2) is 71.9 Å². The molecule has 1 N–H and O–H groups in total. The molecular formula is C28H33N3O. The van der Waals surface area contributed by atoms with Crippen LogP contribution in [0.4, 0.5) is 0 Å². The van der Waals surface area contributed by atoms with E-state index in [2.05, 4.69) is 103 Å². The van der Waals surface area contributed by atoms with Crippen LogP contribution in [0.25, 0.3) is 21.8 Å². The molecule has 166 valence electrons. The van der Waals surface area contributed by atoms with Gasteiger partial charge in [-0.2, -0.15) is 0 Å². The van der Waals surface area contributed by atoms with E-state index in [-0.39, 0.29) is 0 Å². The summed E-state index contributed by atoms with van der Waals surface area (Å²) in [7, 11) is 0. The van der Waals surface area contributed by atoms with Crippen molar-refractivity contribution >= 4 is 21.8 Å². The van der Waals surface area contributed by atoms with Gasteiger partial charge in [-0.05, 0) is 56.0 Å². The third kappa shape index (κ3) is 4.71. The van der Waals surface area contributed by atoms with Crippen molar-refractivity contribution in [3.8, 4) is 0 Å². The minimum absolute atomic E-state index is 0.628. The number of nitrogens with one attached hydrogen (secondary N) is 1. The maximum atomic E-state index is 5.66. The summed E-state index contributed by atoms with van der Waals surface area (Å²) >= 11 is 0. The second-order valence-electron chi connectivity index (χ2n) is 8.36. The van der Waals surface area contributed by atoms with Crippen LogP contribution in [0.1, 0.15) is 36.5 Å². The van der Waals surface area contributed by atoms with Gasteiger partial charge in [0.25, 0.3) is 0 Å². The molecule has 0 aliphatic heterocycles. The van der Waals surface area contributed by atoms with Gasteiger partial charge in [0.2, 0.25) is 0 Å². The minimum Gasteiger partial charge on any atom is -0.395 e. The maximum absolute atomic E-state index is 5.66. The van der Waals surface area contributed by atoms with Crippen molar-refractivity contribution in [3.63, 3.8) is 0 Å². The highest BCUT2D eigenvalue weighted by molar-refractivity contribution is 5.95. The summed E-state index contributed by atoms with van der Waals surface area (Å²) in [6.07, 6.45) is 1.99. The van der Waals surface area contributed by atoms with Gasteiger partial charge in [0, 0.05) is 23.9 Å². The highest BCUT2D eigenvalue weighted by atomic mass is 16.6. The number of hydrogen-bond donors (Lipinski definition) is 1. The summed E-state index contributed by atoms with van der Waals surface area (Å²) in [5, 5.41) is 11.4. The van der Waals surface area contributed by atoms with Gasteiger partial charge in [-0.25, -0.2) is 0 Å². The lowest BCUT2D eigenvalue weighted by Crippen LogP contribution is -2.19. The first-order chi connectivity index (χ1) is 15.7. The molecule has 1 aromatic heterocycles. The van der Waals surface area contributed by atoms with Crippen molar-refractivity contribution in [3.05, 3.63) is 88.8 Å². The quantitative estimate of drug-likeness (QED) is 0.207. The maximum Gasteiger partial charge on any atom is 0.121 e. The van der Waals surface area contributed by atoms with Gasteiger partial charge < -0.3 is 14.7 Å². The molecule has 32 heavy (non-hydrogen) atoms. The number of fused-ring (bicyclic) bond motifs is 2. The van der Waals surface area contributed by atoms with Gasteiger partial charge in [-0.3, -0.25) is 0 Å². The molecule has 0 unspecified atom stereocenters. The third-order valence-electron chi connectivity index (χ3n) is 6.04. The van der Waals surface area contributed by atoms with E-state index in [0.29, 0.717) is 6.61 Å². The number of benzene rings is 3. The Balaban J connectivity index is 1.70. The minimum atomic E-state index is 0.628. The molecule has 0 bridgehead atoms. The van der Waals surface area contributed by atoms with Gasteiger partial charge >= 0.3 is 0 Å². The van der Waals surface area contributed by atoms with Gasteiger partial charge in [0.05, 0.1) is 11.0 Å². The highest BCUT2D eigenvalue weighted by Gasteiger charge is 2.13. The van der Waals surface area contributed by atoms with Crippen LogP contribution in [-0.4, -0.2) is 17.7 Å². The number of rotatable bonds is 9. The first-order valence-corrected chi connectivity index (χ1v) is 11.6. The van der Waals surface area contributed by atoms with E-state index in [4.69, 9.17) is 4.84 Å². The standard InChI is InChI=1S/C28H33N3O/c1-4-19-32-30-27-24-13-8-9-14-26(24)31(28-22(3)21(2)15-16-25(27)28)18-10-17-29-20-23-11-6-5-7-12-23/h5-9,11-16,29H,4,10,17-20H2,1-3H3/b30-27+. The van der Waals surface area contributed by atoms with Crippen LogP contribution in [0.5, 0.6) is 0 Å². The number of para-hydroxylation sites is 1. The van der Waals surface area contributed by atoms with Crippen molar-refractivity contribution in [1.82, 2.24) is 9.88 Å². The van der Waals surface area contributed by atoms with Crippen molar-refractivity contribution in [2.75, 3.05) is 13.2 Å². The lowest BCUT2D eigenvalue weighted by atomic mass is 10.0. The van der Waals surface area contributed by atoms with Crippen LogP contribution < -0.4 is 10.7 Å². The summed E-state index contributed by atoms with van der Waals surface area (Å²) in [5.41, 5.74) is 6.38. The van der Waals surface area contributed by atoms with E-state index in [9.17, 15) is 0 Å². The Kier molecular flexibility index (Phi) is 7.23. The van der Waals surface area contributed by atoms with Crippen molar-refractivity contribution in [2.45, 2.75) is 46.7 Å². The number of hydrogen-bond acceptors (Lipinski definition) is 3. The molecule has 0 aliphatic carbocycles. The van der Waals surface area contributed by atoms with Gasteiger partial charge in [0.15, 0.2) is 0 Å². The second kappa shape index (κ2) is 10.5. The van der Waals surface area contributed by atoms with Crippen molar-refractivity contribution in [2.24, 2.45) is 5.16 Å². The monoisotopic (exact) mass is 427 g/mol. The lowest BCUT2D eigenvalue weighted by Gasteiger charge is -2.19. The fraction of sp³-hybridized carbons (Fsp3) is 0.321. The topological polar surface area (TPSA) is 38.5 Å². The average molecular weight is 428 g/mol. The molecule has 0 atom stereocenters. The van der Waals surface area contributed by atoms with Crippen LogP contribution >= 0.6 is 0 Å². The molecule has 4 heteroatoms. The molecule has 0 saturated carbocycles. The number of aryl methyl sites for hydroxylation is 3. The molecular weight excluding hydrogens is 394 g/mol. The van der Waals surface area contributed by atoms with E-state index >= 15 is 0 Å². The molecule has 4 nitrogen and oxygen atoms in total. The fourth-order valence-corrected chi connectivity index (χ4v) is 4.24. The predicted octanol–water partition coefficient (Wildman–Crippen LogP) is 5.83.